The van der Waals surface area contributed by atoms with Crippen LogP contribution in [0.15, 0.2) is 12.3 Å². The summed E-state index contributed by atoms with van der Waals surface area (Å²) in [5, 5.41) is 2.92. The molecule has 0 aliphatic heterocycles. The molecular weight excluding hydrogens is 242 g/mol. The third kappa shape index (κ3) is 5.45. The summed E-state index contributed by atoms with van der Waals surface area (Å²) in [5.74, 6) is 0.727. The Bertz CT molecular complexity index is 486. The van der Waals surface area contributed by atoms with Gasteiger partial charge in [-0.15, -0.1) is 0 Å². The smallest absolute Gasteiger partial charge is 0.224 e. The van der Waals surface area contributed by atoms with Crippen molar-refractivity contribution >= 4 is 21.8 Å². The Kier molecular flexibility index (Phi) is 3.89. The van der Waals surface area contributed by atoms with E-state index < -0.39 is 15.6 Å². The van der Waals surface area contributed by atoms with Gasteiger partial charge < -0.3 is 11.1 Å². The van der Waals surface area contributed by atoms with E-state index in [0.29, 0.717) is 18.3 Å². The van der Waals surface area contributed by atoms with Crippen LogP contribution in [-0.2, 0) is 10.0 Å². The molecule has 0 spiro atoms. The first-order valence-electron chi connectivity index (χ1n) is 4.99. The Morgan fingerprint density at radius 3 is 2.65 bits per heavy atom. The van der Waals surface area contributed by atoms with Crippen LogP contribution in [0.3, 0.4) is 0 Å². The molecule has 8 heteroatoms. The summed E-state index contributed by atoms with van der Waals surface area (Å²) in [7, 11) is -3.25. The topological polar surface area (TPSA) is 110 Å². The molecule has 0 saturated heterocycles. The molecular formula is C9H17N5O2S. The number of hydrogen-bond donors (Lipinski definition) is 3. The van der Waals surface area contributed by atoms with Gasteiger partial charge in [0.15, 0.2) is 0 Å². The maximum atomic E-state index is 11.1. The number of nitrogen functional groups attached to an aromatic ring is 1. The van der Waals surface area contributed by atoms with Crippen LogP contribution in [0.4, 0.5) is 11.8 Å². The highest BCUT2D eigenvalue weighted by atomic mass is 32.2. The van der Waals surface area contributed by atoms with Gasteiger partial charge in [-0.05, 0) is 19.9 Å². The highest BCUT2D eigenvalue weighted by Crippen LogP contribution is 2.07. The third-order valence-electron chi connectivity index (χ3n) is 1.83. The van der Waals surface area contributed by atoms with Crippen LogP contribution in [0.1, 0.15) is 13.8 Å². The monoisotopic (exact) mass is 259 g/mol. The van der Waals surface area contributed by atoms with Crippen LogP contribution >= 0.6 is 0 Å². The Hall–Kier alpha value is -1.41. The number of rotatable bonds is 5. The van der Waals surface area contributed by atoms with E-state index >= 15 is 0 Å². The van der Waals surface area contributed by atoms with Crippen molar-refractivity contribution in [1.29, 1.82) is 0 Å². The lowest BCUT2D eigenvalue weighted by Gasteiger charge is -2.25. The standard InChI is InChI=1S/C9H17N5O2S/c1-9(2,14-17(3,15)16)6-12-8-11-5-4-7(10)13-8/h4-5,14H,6H2,1-3H3,(H3,10,11,12,13). The molecule has 0 radical (unpaired) electrons. The molecule has 1 rings (SSSR count). The maximum absolute atomic E-state index is 11.1. The van der Waals surface area contributed by atoms with Crippen LogP contribution in [0.2, 0.25) is 0 Å². The molecule has 0 amide bonds. The van der Waals surface area contributed by atoms with E-state index in [4.69, 9.17) is 5.73 Å². The molecule has 0 unspecified atom stereocenters. The fourth-order valence-corrected chi connectivity index (χ4v) is 2.37. The minimum Gasteiger partial charge on any atom is -0.384 e. The molecule has 0 fully saturated rings. The first-order valence-corrected chi connectivity index (χ1v) is 6.88. The molecule has 0 atom stereocenters. The number of aromatic nitrogens is 2. The average Bonchev–Trinajstić information content (AvgIpc) is 2.11. The molecule has 17 heavy (non-hydrogen) atoms. The summed E-state index contributed by atoms with van der Waals surface area (Å²) in [6.45, 7) is 3.87. The van der Waals surface area contributed by atoms with E-state index in [-0.39, 0.29) is 0 Å². The van der Waals surface area contributed by atoms with Gasteiger partial charge in [-0.3, -0.25) is 0 Å². The van der Waals surface area contributed by atoms with Gasteiger partial charge in [0.1, 0.15) is 5.82 Å². The minimum absolute atomic E-state index is 0.351. The largest absolute Gasteiger partial charge is 0.384 e. The lowest BCUT2D eigenvalue weighted by Crippen LogP contribution is -2.47. The van der Waals surface area contributed by atoms with Crippen molar-refractivity contribution in [2.75, 3.05) is 23.9 Å². The number of hydrogen-bond acceptors (Lipinski definition) is 6. The van der Waals surface area contributed by atoms with Crippen LogP contribution in [0.25, 0.3) is 0 Å². The van der Waals surface area contributed by atoms with E-state index in [1.807, 2.05) is 0 Å². The fraction of sp³-hybridized carbons (Fsp3) is 0.556. The number of nitrogens with one attached hydrogen (secondary N) is 2. The average molecular weight is 259 g/mol. The summed E-state index contributed by atoms with van der Waals surface area (Å²) in [6, 6.07) is 1.57. The summed E-state index contributed by atoms with van der Waals surface area (Å²) >= 11 is 0. The van der Waals surface area contributed by atoms with Crippen molar-refractivity contribution in [2.45, 2.75) is 19.4 Å². The van der Waals surface area contributed by atoms with Gasteiger partial charge in [-0.25, -0.2) is 18.1 Å². The zero-order valence-corrected chi connectivity index (χ0v) is 10.9. The van der Waals surface area contributed by atoms with Crippen molar-refractivity contribution < 1.29 is 8.42 Å². The van der Waals surface area contributed by atoms with E-state index in [1.165, 1.54) is 6.20 Å². The predicted molar refractivity (Wildman–Crippen MR) is 67.0 cm³/mol. The molecule has 0 bridgehead atoms. The highest BCUT2D eigenvalue weighted by molar-refractivity contribution is 7.88. The Labute approximate surface area is 101 Å². The summed E-state index contributed by atoms with van der Waals surface area (Å²) < 4.78 is 24.7. The van der Waals surface area contributed by atoms with Crippen molar-refractivity contribution in [3.63, 3.8) is 0 Å². The third-order valence-corrected chi connectivity index (χ3v) is 2.75. The summed E-state index contributed by atoms with van der Waals surface area (Å²) in [4.78, 5) is 7.91. The number of anilines is 2. The zero-order chi connectivity index (χ0) is 13.1. The Morgan fingerprint density at radius 2 is 2.12 bits per heavy atom. The van der Waals surface area contributed by atoms with Gasteiger partial charge in [0.05, 0.1) is 6.26 Å². The molecule has 1 aromatic heterocycles. The molecule has 7 nitrogen and oxygen atoms in total. The Balaban J connectivity index is 2.61. The van der Waals surface area contributed by atoms with E-state index in [0.717, 1.165) is 6.26 Å². The second-order valence-corrected chi connectivity index (χ2v) is 6.17. The van der Waals surface area contributed by atoms with E-state index in [1.54, 1.807) is 19.9 Å². The molecule has 1 heterocycles. The van der Waals surface area contributed by atoms with Crippen LogP contribution in [0, 0.1) is 0 Å². The molecule has 0 aromatic carbocycles. The summed E-state index contributed by atoms with van der Waals surface area (Å²) in [6.07, 6.45) is 2.65. The van der Waals surface area contributed by atoms with Gasteiger partial charge in [0, 0.05) is 18.3 Å². The molecule has 0 aliphatic rings. The van der Waals surface area contributed by atoms with Crippen molar-refractivity contribution in [1.82, 2.24) is 14.7 Å². The number of nitrogens with two attached hydrogens (primary N) is 1. The quantitative estimate of drug-likeness (QED) is 0.675. The molecule has 96 valence electrons. The van der Waals surface area contributed by atoms with Crippen molar-refractivity contribution in [3.05, 3.63) is 12.3 Å². The molecule has 0 saturated carbocycles. The van der Waals surface area contributed by atoms with Crippen LogP contribution in [-0.4, -0.2) is 36.7 Å². The van der Waals surface area contributed by atoms with Gasteiger partial charge in [0.25, 0.3) is 0 Å². The summed E-state index contributed by atoms with van der Waals surface area (Å²) in [5.41, 5.74) is 4.86. The SMILES string of the molecule is CC(C)(CNc1nccc(N)n1)NS(C)(=O)=O. The second kappa shape index (κ2) is 4.84. The minimum atomic E-state index is -3.25. The second-order valence-electron chi connectivity index (χ2n) is 4.42. The van der Waals surface area contributed by atoms with E-state index in [9.17, 15) is 8.42 Å². The van der Waals surface area contributed by atoms with Gasteiger partial charge in [0.2, 0.25) is 16.0 Å². The maximum Gasteiger partial charge on any atom is 0.224 e. The van der Waals surface area contributed by atoms with Crippen molar-refractivity contribution in [3.8, 4) is 0 Å². The van der Waals surface area contributed by atoms with Crippen molar-refractivity contribution in [2.24, 2.45) is 0 Å². The number of nitrogens with zero attached hydrogens (tertiary/aromatic N) is 2. The highest BCUT2D eigenvalue weighted by Gasteiger charge is 2.22. The normalized spacial score (nSPS) is 12.4. The van der Waals surface area contributed by atoms with Gasteiger partial charge in [-0.2, -0.15) is 4.98 Å². The van der Waals surface area contributed by atoms with Crippen LogP contribution in [0.5, 0.6) is 0 Å². The fourth-order valence-electron chi connectivity index (χ4n) is 1.30. The molecule has 0 aliphatic carbocycles. The van der Waals surface area contributed by atoms with E-state index in [2.05, 4.69) is 20.0 Å². The van der Waals surface area contributed by atoms with Crippen LogP contribution < -0.4 is 15.8 Å². The lowest BCUT2D eigenvalue weighted by molar-refractivity contribution is 0.475. The first-order chi connectivity index (χ1) is 7.68. The molecule has 4 N–H and O–H groups in total. The number of sulfonamides is 1. The van der Waals surface area contributed by atoms with Gasteiger partial charge >= 0.3 is 0 Å². The Morgan fingerprint density at radius 1 is 1.47 bits per heavy atom. The molecule has 1 aromatic rings. The lowest BCUT2D eigenvalue weighted by atomic mass is 10.1. The first kappa shape index (κ1) is 13.7. The zero-order valence-electron chi connectivity index (χ0n) is 10.1. The predicted octanol–water partition coefficient (Wildman–Crippen LogP) is -0.201. The van der Waals surface area contributed by atoms with Gasteiger partial charge in [-0.1, -0.05) is 0 Å².